The van der Waals surface area contributed by atoms with Crippen molar-refractivity contribution < 1.29 is 28.1 Å². The van der Waals surface area contributed by atoms with Crippen LogP contribution in [0.5, 0.6) is 0 Å². The van der Waals surface area contributed by atoms with Crippen molar-refractivity contribution in [3.63, 3.8) is 0 Å². The van der Waals surface area contributed by atoms with Gasteiger partial charge in [-0.3, -0.25) is 9.59 Å². The second-order valence-corrected chi connectivity index (χ2v) is 5.88. The van der Waals surface area contributed by atoms with Crippen LogP contribution < -0.4 is 0 Å². The van der Waals surface area contributed by atoms with Gasteiger partial charge in [0.2, 0.25) is 0 Å². The minimum absolute atomic E-state index is 0.00517. The highest BCUT2D eigenvalue weighted by Gasteiger charge is 2.17. The molecule has 7 heteroatoms. The van der Waals surface area contributed by atoms with Crippen LogP contribution in [0.1, 0.15) is 51.4 Å². The third-order valence-corrected chi connectivity index (χ3v) is 3.35. The van der Waals surface area contributed by atoms with E-state index in [2.05, 4.69) is 13.8 Å². The lowest BCUT2D eigenvalue weighted by Crippen LogP contribution is -2.29. The summed E-state index contributed by atoms with van der Waals surface area (Å²) >= 11 is 0. The Balaban J connectivity index is 4.11. The molecule has 0 heterocycles. The monoisotopic (exact) mass is 348 g/mol. The number of carbonyl (C=O) groups is 2. The fourth-order valence-electron chi connectivity index (χ4n) is 1.70. The van der Waals surface area contributed by atoms with E-state index in [0.717, 1.165) is 25.7 Å². The maximum atomic E-state index is 11.8. The summed E-state index contributed by atoms with van der Waals surface area (Å²) in [5, 5.41) is 0. The lowest BCUT2D eigenvalue weighted by atomic mass is 10.1. The molecule has 0 aromatic carbocycles. The SMILES string of the molecule is [CH2-]CCCCCC(=O)O[C@@H](COPOC)COC(=O)CCC[CH2-]. The third kappa shape index (κ3) is 14.6. The van der Waals surface area contributed by atoms with Crippen LogP contribution in [0, 0.1) is 13.8 Å². The molecule has 0 aliphatic carbocycles. The van der Waals surface area contributed by atoms with Crippen molar-refractivity contribution in [3.8, 4) is 0 Å². The van der Waals surface area contributed by atoms with E-state index in [4.69, 9.17) is 18.5 Å². The Hall–Kier alpha value is -0.710. The van der Waals surface area contributed by atoms with E-state index < -0.39 is 6.10 Å². The summed E-state index contributed by atoms with van der Waals surface area (Å²) in [6.07, 6.45) is 4.99. The van der Waals surface area contributed by atoms with E-state index in [1.54, 1.807) is 0 Å². The van der Waals surface area contributed by atoms with Crippen molar-refractivity contribution in [2.24, 2.45) is 0 Å². The van der Waals surface area contributed by atoms with Crippen LogP contribution in [0.2, 0.25) is 0 Å². The number of unbranched alkanes of at least 4 members (excludes halogenated alkanes) is 4. The number of hydrogen-bond donors (Lipinski definition) is 0. The highest BCUT2D eigenvalue weighted by molar-refractivity contribution is 7.26. The maximum Gasteiger partial charge on any atom is 0.306 e. The Morgan fingerprint density at radius 3 is 2.30 bits per heavy atom. The number of carbonyl (C=O) groups excluding carboxylic acids is 2. The first-order chi connectivity index (χ1) is 11.1. The summed E-state index contributed by atoms with van der Waals surface area (Å²) in [7, 11) is 1.37. The smallest absolute Gasteiger partial charge is 0.306 e. The Kier molecular flexibility index (Phi) is 15.7. The van der Waals surface area contributed by atoms with Crippen molar-refractivity contribution >= 4 is 21.0 Å². The minimum Gasteiger partial charge on any atom is -0.462 e. The largest absolute Gasteiger partial charge is 0.462 e. The van der Waals surface area contributed by atoms with Crippen LogP contribution in [-0.2, 0) is 28.1 Å². The molecule has 0 N–H and O–H groups in total. The van der Waals surface area contributed by atoms with E-state index in [0.29, 0.717) is 25.7 Å². The quantitative estimate of drug-likeness (QED) is 0.195. The van der Waals surface area contributed by atoms with Crippen LogP contribution in [0.4, 0.5) is 0 Å². The van der Waals surface area contributed by atoms with E-state index in [1.165, 1.54) is 7.11 Å². The van der Waals surface area contributed by atoms with Crippen LogP contribution >= 0.6 is 9.03 Å². The normalized spacial score (nSPS) is 12.5. The van der Waals surface area contributed by atoms with E-state index in [1.807, 2.05) is 0 Å². The van der Waals surface area contributed by atoms with Gasteiger partial charge in [-0.15, -0.1) is 0 Å². The molecule has 0 radical (unpaired) electrons. The topological polar surface area (TPSA) is 71.1 Å². The van der Waals surface area contributed by atoms with Gasteiger partial charge < -0.3 is 32.4 Å². The zero-order valence-electron chi connectivity index (χ0n) is 14.0. The predicted octanol–water partition coefficient (Wildman–Crippen LogP) is 3.40. The summed E-state index contributed by atoms with van der Waals surface area (Å²) in [6.45, 7) is 7.56. The first-order valence-corrected chi connectivity index (χ1v) is 8.79. The van der Waals surface area contributed by atoms with E-state index in [9.17, 15) is 9.59 Å². The predicted molar refractivity (Wildman–Crippen MR) is 89.8 cm³/mol. The van der Waals surface area contributed by atoms with Gasteiger partial charge in [-0.25, -0.2) is 0 Å². The molecule has 0 fully saturated rings. The van der Waals surface area contributed by atoms with Gasteiger partial charge in [0.15, 0.2) is 15.1 Å². The Labute approximate surface area is 141 Å². The molecule has 0 bridgehead atoms. The van der Waals surface area contributed by atoms with Gasteiger partial charge >= 0.3 is 11.9 Å². The van der Waals surface area contributed by atoms with Crippen molar-refractivity contribution in [1.82, 2.24) is 0 Å². The average Bonchev–Trinajstić information content (AvgIpc) is 2.54. The standard InChI is InChI=1S/C16H29O6P/c1-4-6-8-9-11-16(18)22-14(13-21-23-19-3)12-20-15(17)10-7-5-2/h14,23H,1-2,4-13H2,3H3/q-2/t14-/m1/s1. The van der Waals surface area contributed by atoms with Gasteiger partial charge in [0.05, 0.1) is 6.61 Å². The Morgan fingerprint density at radius 1 is 0.957 bits per heavy atom. The molecule has 136 valence electrons. The molecule has 0 spiro atoms. The number of ether oxygens (including phenoxy) is 2. The first kappa shape index (κ1) is 22.3. The fraction of sp³-hybridized carbons (Fsp3) is 0.750. The van der Waals surface area contributed by atoms with Gasteiger partial charge in [-0.1, -0.05) is 19.3 Å². The van der Waals surface area contributed by atoms with Crippen molar-refractivity contribution in [3.05, 3.63) is 13.8 Å². The summed E-state index contributed by atoms with van der Waals surface area (Å²) in [5.74, 6) is -0.628. The first-order valence-electron chi connectivity index (χ1n) is 7.97. The van der Waals surface area contributed by atoms with Crippen LogP contribution in [0.3, 0.4) is 0 Å². The lowest BCUT2D eigenvalue weighted by Gasteiger charge is -2.18. The van der Waals surface area contributed by atoms with Crippen molar-refractivity contribution in [1.29, 1.82) is 0 Å². The van der Waals surface area contributed by atoms with Gasteiger partial charge in [-0.05, 0) is 6.42 Å². The summed E-state index contributed by atoms with van der Waals surface area (Å²) in [6, 6.07) is 0. The van der Waals surface area contributed by atoms with E-state index in [-0.39, 0.29) is 34.2 Å². The number of hydrogen-bond acceptors (Lipinski definition) is 6. The molecule has 6 nitrogen and oxygen atoms in total. The molecule has 0 aromatic heterocycles. The molecule has 0 aliphatic heterocycles. The number of rotatable bonds is 15. The molecule has 0 saturated carbocycles. The van der Waals surface area contributed by atoms with E-state index >= 15 is 0 Å². The summed E-state index contributed by atoms with van der Waals surface area (Å²) < 4.78 is 20.5. The summed E-state index contributed by atoms with van der Waals surface area (Å²) in [4.78, 5) is 23.3. The van der Waals surface area contributed by atoms with Gasteiger partial charge in [-0.2, -0.15) is 12.8 Å². The second-order valence-electron chi connectivity index (χ2n) is 5.01. The van der Waals surface area contributed by atoms with Crippen LogP contribution in [-0.4, -0.2) is 38.4 Å². The average molecular weight is 348 g/mol. The minimum atomic E-state index is -0.610. The molecular formula is C16H29O6P-2. The molecular weight excluding hydrogens is 319 g/mol. The highest BCUT2D eigenvalue weighted by atomic mass is 31.1. The molecule has 1 unspecified atom stereocenters. The Bertz CT molecular complexity index is 311. The second kappa shape index (κ2) is 16.2. The Morgan fingerprint density at radius 2 is 1.65 bits per heavy atom. The molecule has 0 amide bonds. The fourth-order valence-corrected chi connectivity index (χ4v) is 2.07. The van der Waals surface area contributed by atoms with Crippen LogP contribution in [0.15, 0.2) is 0 Å². The number of esters is 2. The van der Waals surface area contributed by atoms with Gasteiger partial charge in [0.1, 0.15) is 6.61 Å². The summed E-state index contributed by atoms with van der Waals surface area (Å²) in [5.41, 5.74) is 0. The zero-order valence-corrected chi connectivity index (χ0v) is 15.0. The van der Waals surface area contributed by atoms with Gasteiger partial charge in [0.25, 0.3) is 0 Å². The molecule has 0 aromatic rings. The molecule has 0 saturated heterocycles. The molecule has 2 atom stereocenters. The molecule has 0 aliphatic rings. The van der Waals surface area contributed by atoms with Gasteiger partial charge in [0, 0.05) is 20.0 Å². The zero-order chi connectivity index (χ0) is 17.3. The molecule has 23 heavy (non-hydrogen) atoms. The maximum absolute atomic E-state index is 11.8. The highest BCUT2D eigenvalue weighted by Crippen LogP contribution is 2.13. The lowest BCUT2D eigenvalue weighted by molar-refractivity contribution is -0.161. The molecule has 0 rings (SSSR count). The third-order valence-electron chi connectivity index (χ3n) is 2.90. The van der Waals surface area contributed by atoms with Crippen LogP contribution in [0.25, 0.3) is 0 Å². The van der Waals surface area contributed by atoms with Crippen molar-refractivity contribution in [2.75, 3.05) is 20.3 Å². The van der Waals surface area contributed by atoms with Crippen molar-refractivity contribution in [2.45, 2.75) is 57.5 Å².